The number of carbonyl (C=O) groups excluding carboxylic acids is 1. The van der Waals surface area contributed by atoms with Crippen molar-refractivity contribution in [2.24, 2.45) is 5.73 Å². The third-order valence-corrected chi connectivity index (χ3v) is 2.76. The Kier molecular flexibility index (Phi) is 5.09. The second kappa shape index (κ2) is 6.34. The molecule has 0 spiro atoms. The highest BCUT2D eigenvalue weighted by atomic mass is 16.5. The van der Waals surface area contributed by atoms with E-state index in [9.17, 15) is 4.79 Å². The van der Waals surface area contributed by atoms with Gasteiger partial charge in [-0.25, -0.2) is 4.68 Å². The number of nitrogens with two attached hydrogens (primary N) is 1. The van der Waals surface area contributed by atoms with E-state index in [-0.39, 0.29) is 18.4 Å². The number of ether oxygens (including phenoxy) is 1. The Morgan fingerprint density at radius 3 is 2.82 bits per heavy atom. The van der Waals surface area contributed by atoms with Crippen molar-refractivity contribution in [1.29, 1.82) is 0 Å². The van der Waals surface area contributed by atoms with Crippen LogP contribution in [-0.2, 0) is 22.4 Å². The lowest BCUT2D eigenvalue weighted by molar-refractivity contribution is -0.117. The highest BCUT2D eigenvalue weighted by Crippen LogP contribution is 2.15. The van der Waals surface area contributed by atoms with Crippen LogP contribution in [0.3, 0.4) is 0 Å². The molecule has 96 valence electrons. The number of primary amides is 1. The largest absolute Gasteiger partial charge is 0.384 e. The third-order valence-electron chi connectivity index (χ3n) is 2.76. The Morgan fingerprint density at radius 1 is 1.59 bits per heavy atom. The molecule has 1 aromatic heterocycles. The summed E-state index contributed by atoms with van der Waals surface area (Å²) >= 11 is 0. The maximum Gasteiger partial charge on any atom is 0.223 e. The second-order valence-corrected chi connectivity index (χ2v) is 4.07. The van der Waals surface area contributed by atoms with E-state index in [0.717, 1.165) is 12.1 Å². The molecule has 0 aromatic carbocycles. The summed E-state index contributed by atoms with van der Waals surface area (Å²) in [5.41, 5.74) is 6.80. The highest BCUT2D eigenvalue weighted by molar-refractivity contribution is 5.76. The molecular weight excluding hydrogens is 220 g/mol. The molecule has 0 aliphatic rings. The quantitative estimate of drug-likeness (QED) is 0.750. The Bertz CT molecular complexity index is 376. The van der Waals surface area contributed by atoms with Gasteiger partial charge in [0.25, 0.3) is 0 Å². The first kappa shape index (κ1) is 13.6. The van der Waals surface area contributed by atoms with E-state index in [1.54, 1.807) is 7.11 Å². The molecule has 0 saturated carbocycles. The molecule has 1 rings (SSSR count). The number of aromatic nitrogens is 3. The van der Waals surface area contributed by atoms with Crippen LogP contribution in [0.5, 0.6) is 0 Å². The number of rotatable bonds is 7. The summed E-state index contributed by atoms with van der Waals surface area (Å²) < 4.78 is 6.92. The minimum absolute atomic E-state index is 0.134. The number of carbonyl (C=O) groups is 1. The standard InChI is InChI=1S/C11H20N4O2/c1-4-8(2)15-10(5-6-17-3)9(13-14-15)7-11(12)16/h8H,4-7H2,1-3H3,(H2,12,16). The van der Waals surface area contributed by atoms with Crippen LogP contribution >= 0.6 is 0 Å². The van der Waals surface area contributed by atoms with Crippen molar-refractivity contribution in [1.82, 2.24) is 15.0 Å². The number of hydrogen-bond acceptors (Lipinski definition) is 4. The van der Waals surface area contributed by atoms with Crippen LogP contribution in [0.15, 0.2) is 0 Å². The fourth-order valence-corrected chi connectivity index (χ4v) is 1.63. The zero-order valence-corrected chi connectivity index (χ0v) is 10.6. The number of methoxy groups -OCH3 is 1. The average molecular weight is 240 g/mol. The number of amides is 1. The maximum absolute atomic E-state index is 11.0. The molecule has 2 N–H and O–H groups in total. The molecule has 1 unspecified atom stereocenters. The molecule has 1 aromatic rings. The van der Waals surface area contributed by atoms with Gasteiger partial charge in [-0.1, -0.05) is 12.1 Å². The van der Waals surface area contributed by atoms with Crippen LogP contribution in [-0.4, -0.2) is 34.6 Å². The minimum atomic E-state index is -0.389. The molecule has 0 saturated heterocycles. The molecule has 0 aliphatic heterocycles. The highest BCUT2D eigenvalue weighted by Gasteiger charge is 2.17. The molecule has 0 bridgehead atoms. The Morgan fingerprint density at radius 2 is 2.29 bits per heavy atom. The monoisotopic (exact) mass is 240 g/mol. The Hall–Kier alpha value is -1.43. The first-order valence-electron chi connectivity index (χ1n) is 5.80. The van der Waals surface area contributed by atoms with Crippen LogP contribution in [0.2, 0.25) is 0 Å². The van der Waals surface area contributed by atoms with Crippen molar-refractivity contribution >= 4 is 5.91 Å². The topological polar surface area (TPSA) is 83.0 Å². The van der Waals surface area contributed by atoms with Crippen molar-refractivity contribution in [2.45, 2.75) is 39.2 Å². The molecule has 17 heavy (non-hydrogen) atoms. The summed E-state index contributed by atoms with van der Waals surface area (Å²) in [4.78, 5) is 11.0. The summed E-state index contributed by atoms with van der Waals surface area (Å²) in [5.74, 6) is -0.389. The van der Waals surface area contributed by atoms with Crippen LogP contribution in [0, 0.1) is 0 Å². The van der Waals surface area contributed by atoms with Crippen molar-refractivity contribution < 1.29 is 9.53 Å². The molecular formula is C11H20N4O2. The molecule has 6 nitrogen and oxygen atoms in total. The van der Waals surface area contributed by atoms with Crippen LogP contribution in [0.25, 0.3) is 0 Å². The summed E-state index contributed by atoms with van der Waals surface area (Å²) in [6, 6.07) is 0.260. The van der Waals surface area contributed by atoms with Gasteiger partial charge in [-0.2, -0.15) is 0 Å². The van der Waals surface area contributed by atoms with Gasteiger partial charge in [0.15, 0.2) is 0 Å². The van der Waals surface area contributed by atoms with Gasteiger partial charge in [-0.3, -0.25) is 4.79 Å². The average Bonchev–Trinajstić information content (AvgIpc) is 2.67. The zero-order valence-electron chi connectivity index (χ0n) is 10.6. The number of nitrogens with zero attached hydrogens (tertiary/aromatic N) is 3. The van der Waals surface area contributed by atoms with Gasteiger partial charge in [0, 0.05) is 13.5 Å². The summed E-state index contributed by atoms with van der Waals surface area (Å²) in [7, 11) is 1.64. The van der Waals surface area contributed by atoms with Gasteiger partial charge in [0.05, 0.1) is 30.5 Å². The number of hydrogen-bond donors (Lipinski definition) is 1. The van der Waals surface area contributed by atoms with Gasteiger partial charge in [-0.15, -0.1) is 5.10 Å². The van der Waals surface area contributed by atoms with Gasteiger partial charge < -0.3 is 10.5 Å². The predicted molar refractivity (Wildman–Crippen MR) is 63.5 cm³/mol. The minimum Gasteiger partial charge on any atom is -0.384 e. The maximum atomic E-state index is 11.0. The lowest BCUT2D eigenvalue weighted by Crippen LogP contribution is -2.17. The molecule has 1 amide bonds. The van der Waals surface area contributed by atoms with E-state index >= 15 is 0 Å². The van der Waals surface area contributed by atoms with Gasteiger partial charge in [0.2, 0.25) is 5.91 Å². The summed E-state index contributed by atoms with van der Waals surface area (Å²) in [6.07, 6.45) is 1.78. The van der Waals surface area contributed by atoms with Crippen molar-refractivity contribution in [3.63, 3.8) is 0 Å². The second-order valence-electron chi connectivity index (χ2n) is 4.07. The normalized spacial score (nSPS) is 12.6. The van der Waals surface area contributed by atoms with Gasteiger partial charge in [0.1, 0.15) is 0 Å². The predicted octanol–water partition coefficient (Wildman–Crippen LogP) is 0.466. The lowest BCUT2D eigenvalue weighted by Gasteiger charge is -2.12. The molecule has 0 aliphatic carbocycles. The van der Waals surface area contributed by atoms with E-state index in [0.29, 0.717) is 18.7 Å². The lowest BCUT2D eigenvalue weighted by atomic mass is 10.1. The van der Waals surface area contributed by atoms with E-state index in [1.807, 2.05) is 4.68 Å². The van der Waals surface area contributed by atoms with Crippen LogP contribution < -0.4 is 5.73 Å². The third kappa shape index (κ3) is 3.52. The van der Waals surface area contributed by atoms with E-state index in [4.69, 9.17) is 10.5 Å². The zero-order chi connectivity index (χ0) is 12.8. The van der Waals surface area contributed by atoms with E-state index in [1.165, 1.54) is 0 Å². The first-order chi connectivity index (χ1) is 8.10. The SMILES string of the molecule is CCC(C)n1nnc(CC(N)=O)c1CCOC. The molecule has 6 heteroatoms. The van der Waals surface area contributed by atoms with Gasteiger partial charge in [-0.05, 0) is 13.3 Å². The first-order valence-corrected chi connectivity index (χ1v) is 5.80. The van der Waals surface area contributed by atoms with E-state index in [2.05, 4.69) is 24.2 Å². The Labute approximate surface area is 101 Å². The summed E-state index contributed by atoms with van der Waals surface area (Å²) in [6.45, 7) is 4.73. The molecule has 0 radical (unpaired) electrons. The fourth-order valence-electron chi connectivity index (χ4n) is 1.63. The smallest absolute Gasteiger partial charge is 0.223 e. The molecule has 1 atom stereocenters. The van der Waals surface area contributed by atoms with Crippen molar-refractivity contribution in [3.05, 3.63) is 11.4 Å². The van der Waals surface area contributed by atoms with Crippen molar-refractivity contribution in [2.75, 3.05) is 13.7 Å². The summed E-state index contributed by atoms with van der Waals surface area (Å²) in [5, 5.41) is 8.13. The Balaban J connectivity index is 2.96. The van der Waals surface area contributed by atoms with E-state index < -0.39 is 0 Å². The molecule has 1 heterocycles. The van der Waals surface area contributed by atoms with Crippen molar-refractivity contribution in [3.8, 4) is 0 Å². The molecule has 0 fully saturated rings. The van der Waals surface area contributed by atoms with Gasteiger partial charge >= 0.3 is 0 Å². The van der Waals surface area contributed by atoms with Crippen LogP contribution in [0.4, 0.5) is 0 Å². The fraction of sp³-hybridized carbons (Fsp3) is 0.727. The van der Waals surface area contributed by atoms with Crippen LogP contribution in [0.1, 0.15) is 37.7 Å².